The maximum Gasteiger partial charge on any atom is 0.248 e. The number of para-hydroxylation sites is 1. The summed E-state index contributed by atoms with van der Waals surface area (Å²) in [5.74, 6) is 0.274. The van der Waals surface area contributed by atoms with Gasteiger partial charge in [0, 0.05) is 27.7 Å². The Morgan fingerprint density at radius 2 is 1.71 bits per heavy atom. The number of amides is 2. The van der Waals surface area contributed by atoms with Gasteiger partial charge in [-0.2, -0.15) is 0 Å². The molecule has 38 heavy (non-hydrogen) atoms. The van der Waals surface area contributed by atoms with Crippen molar-refractivity contribution in [3.8, 4) is 11.5 Å². The molecule has 7 nitrogen and oxygen atoms in total. The van der Waals surface area contributed by atoms with Crippen molar-refractivity contribution in [2.45, 2.75) is 57.5 Å². The number of carbonyl (C=O) groups is 3. The van der Waals surface area contributed by atoms with Crippen LogP contribution in [0.2, 0.25) is 0 Å². The zero-order valence-electron chi connectivity index (χ0n) is 22.1. The zero-order chi connectivity index (χ0) is 27.1. The highest BCUT2D eigenvalue weighted by atomic mass is 32.1. The number of nitrogens with zero attached hydrogens (tertiary/aromatic N) is 1. The fourth-order valence-electron chi connectivity index (χ4n) is 4.99. The van der Waals surface area contributed by atoms with Crippen LogP contribution in [-0.2, 0) is 16.0 Å². The van der Waals surface area contributed by atoms with Gasteiger partial charge < -0.3 is 14.8 Å². The van der Waals surface area contributed by atoms with Gasteiger partial charge in [0.05, 0.1) is 20.6 Å². The van der Waals surface area contributed by atoms with E-state index in [1.807, 2.05) is 17.5 Å². The smallest absolute Gasteiger partial charge is 0.248 e. The minimum atomic E-state index is -1.02. The van der Waals surface area contributed by atoms with Gasteiger partial charge in [-0.15, -0.1) is 11.3 Å². The first-order chi connectivity index (χ1) is 18.4. The molecule has 1 fully saturated rings. The number of Topliss-reactive ketones (excluding diaryl/α,β-unsaturated/α-hetero) is 1. The number of ketones is 1. The fraction of sp³-hybridized carbons (Fsp3) is 0.367. The van der Waals surface area contributed by atoms with Crippen molar-refractivity contribution in [3.05, 3.63) is 76.0 Å². The van der Waals surface area contributed by atoms with E-state index in [2.05, 4.69) is 5.32 Å². The highest BCUT2D eigenvalue weighted by molar-refractivity contribution is 7.10. The van der Waals surface area contributed by atoms with E-state index < -0.39 is 6.04 Å². The molecule has 1 atom stereocenters. The average molecular weight is 535 g/mol. The van der Waals surface area contributed by atoms with Gasteiger partial charge in [0.25, 0.3) is 0 Å². The minimum Gasteiger partial charge on any atom is -0.493 e. The van der Waals surface area contributed by atoms with Crippen molar-refractivity contribution >= 4 is 34.6 Å². The number of rotatable bonds is 10. The van der Waals surface area contributed by atoms with Crippen LogP contribution in [0, 0.1) is 0 Å². The third-order valence-corrected chi connectivity index (χ3v) is 7.79. The maximum absolute atomic E-state index is 14.1. The summed E-state index contributed by atoms with van der Waals surface area (Å²) in [5, 5.41) is 5.14. The SMILES string of the molecule is COc1cccc([C@H](C(=O)NC2CCCCC2)N(C(=O)Cc2cccs2)c2ccc(C(C)=O)cc2)c1OC. The molecule has 0 unspecified atom stereocenters. The van der Waals surface area contributed by atoms with Gasteiger partial charge in [-0.1, -0.05) is 37.5 Å². The molecule has 1 saturated carbocycles. The predicted molar refractivity (Wildman–Crippen MR) is 149 cm³/mol. The number of thiophene rings is 1. The van der Waals surface area contributed by atoms with Crippen molar-refractivity contribution in [1.82, 2.24) is 5.32 Å². The first-order valence-corrected chi connectivity index (χ1v) is 13.8. The molecule has 2 amide bonds. The molecule has 1 heterocycles. The number of benzene rings is 2. The number of hydrogen-bond acceptors (Lipinski definition) is 6. The second kappa shape index (κ2) is 12.7. The minimum absolute atomic E-state index is 0.0460. The molecule has 8 heteroatoms. The Balaban J connectivity index is 1.84. The molecule has 1 aliphatic rings. The van der Waals surface area contributed by atoms with Crippen LogP contribution in [0.1, 0.15) is 65.9 Å². The van der Waals surface area contributed by atoms with Gasteiger partial charge in [-0.3, -0.25) is 19.3 Å². The van der Waals surface area contributed by atoms with Crippen molar-refractivity contribution in [2.75, 3.05) is 19.1 Å². The van der Waals surface area contributed by atoms with E-state index in [0.29, 0.717) is 28.3 Å². The zero-order valence-corrected chi connectivity index (χ0v) is 22.9. The summed E-state index contributed by atoms with van der Waals surface area (Å²) < 4.78 is 11.3. The predicted octanol–water partition coefficient (Wildman–Crippen LogP) is 5.73. The summed E-state index contributed by atoms with van der Waals surface area (Å²) in [6.45, 7) is 1.50. The number of anilines is 1. The lowest BCUT2D eigenvalue weighted by atomic mass is 9.94. The summed E-state index contributed by atoms with van der Waals surface area (Å²) in [4.78, 5) is 42.5. The highest BCUT2D eigenvalue weighted by Crippen LogP contribution is 2.39. The van der Waals surface area contributed by atoms with E-state index >= 15 is 0 Å². The second-order valence-electron chi connectivity index (χ2n) is 9.45. The van der Waals surface area contributed by atoms with Crippen molar-refractivity contribution < 1.29 is 23.9 Å². The van der Waals surface area contributed by atoms with E-state index in [9.17, 15) is 14.4 Å². The Labute approximate surface area is 227 Å². The Hall–Kier alpha value is -3.65. The molecule has 0 radical (unpaired) electrons. The largest absolute Gasteiger partial charge is 0.493 e. The molecule has 0 saturated heterocycles. The molecule has 1 aromatic heterocycles. The van der Waals surface area contributed by atoms with Gasteiger partial charge in [-0.25, -0.2) is 0 Å². The van der Waals surface area contributed by atoms with Crippen LogP contribution in [0.15, 0.2) is 60.0 Å². The lowest BCUT2D eigenvalue weighted by Gasteiger charge is -2.34. The fourth-order valence-corrected chi connectivity index (χ4v) is 5.69. The van der Waals surface area contributed by atoms with Gasteiger partial charge in [0.1, 0.15) is 6.04 Å². The van der Waals surface area contributed by atoms with E-state index in [1.54, 1.807) is 49.6 Å². The Morgan fingerprint density at radius 3 is 2.32 bits per heavy atom. The van der Waals surface area contributed by atoms with Crippen LogP contribution in [-0.4, -0.2) is 37.9 Å². The number of methoxy groups -OCH3 is 2. The number of ether oxygens (including phenoxy) is 2. The van der Waals surface area contributed by atoms with Crippen LogP contribution in [0.25, 0.3) is 0 Å². The van der Waals surface area contributed by atoms with Gasteiger partial charge in [-0.05, 0) is 61.5 Å². The Kier molecular flexibility index (Phi) is 9.18. The molecule has 3 aromatic rings. The lowest BCUT2D eigenvalue weighted by Crippen LogP contribution is -2.47. The summed E-state index contributed by atoms with van der Waals surface area (Å²) in [6, 6.07) is 15.0. The van der Waals surface area contributed by atoms with Crippen molar-refractivity contribution in [1.29, 1.82) is 0 Å². The molecule has 2 aromatic carbocycles. The van der Waals surface area contributed by atoms with Gasteiger partial charge >= 0.3 is 0 Å². The molecular formula is C30H34N2O5S. The Bertz CT molecular complexity index is 1250. The summed E-state index contributed by atoms with van der Waals surface area (Å²) >= 11 is 1.49. The first kappa shape index (κ1) is 27.4. The average Bonchev–Trinajstić information content (AvgIpc) is 3.44. The molecule has 0 aliphatic heterocycles. The molecule has 0 bridgehead atoms. The molecule has 4 rings (SSSR count). The Morgan fingerprint density at radius 1 is 0.974 bits per heavy atom. The molecule has 0 spiro atoms. The quantitative estimate of drug-likeness (QED) is 0.336. The topological polar surface area (TPSA) is 84.9 Å². The van der Waals surface area contributed by atoms with E-state index in [1.165, 1.54) is 30.3 Å². The van der Waals surface area contributed by atoms with Crippen LogP contribution in [0.3, 0.4) is 0 Å². The number of hydrogen-bond donors (Lipinski definition) is 1. The van der Waals surface area contributed by atoms with Crippen LogP contribution in [0.4, 0.5) is 5.69 Å². The molecule has 200 valence electrons. The standard InChI is InChI=1S/C30H34N2O5S/c1-20(33)21-14-16-23(17-15-21)32(27(34)19-24-11-8-18-38-24)28(30(35)31-22-9-5-4-6-10-22)25-12-7-13-26(36-2)29(25)37-3/h7-8,11-18,22,28H,4-6,9-10,19H2,1-3H3,(H,31,35)/t28-/m1/s1. The summed E-state index contributed by atoms with van der Waals surface area (Å²) in [6.07, 6.45) is 5.23. The summed E-state index contributed by atoms with van der Waals surface area (Å²) in [5.41, 5.74) is 1.57. The van der Waals surface area contributed by atoms with Crippen LogP contribution >= 0.6 is 11.3 Å². The van der Waals surface area contributed by atoms with E-state index in [0.717, 1.165) is 37.0 Å². The van der Waals surface area contributed by atoms with Crippen molar-refractivity contribution in [2.24, 2.45) is 0 Å². The van der Waals surface area contributed by atoms with Gasteiger partial charge in [0.2, 0.25) is 11.8 Å². The van der Waals surface area contributed by atoms with E-state index in [4.69, 9.17) is 9.47 Å². The van der Waals surface area contributed by atoms with Crippen LogP contribution in [0.5, 0.6) is 11.5 Å². The number of carbonyl (C=O) groups excluding carboxylic acids is 3. The second-order valence-corrected chi connectivity index (χ2v) is 10.5. The number of nitrogens with one attached hydrogen (secondary N) is 1. The third kappa shape index (κ3) is 6.25. The maximum atomic E-state index is 14.1. The molecular weight excluding hydrogens is 500 g/mol. The normalized spacial score (nSPS) is 14.4. The van der Waals surface area contributed by atoms with Crippen LogP contribution < -0.4 is 19.7 Å². The van der Waals surface area contributed by atoms with Crippen molar-refractivity contribution in [3.63, 3.8) is 0 Å². The van der Waals surface area contributed by atoms with E-state index in [-0.39, 0.29) is 30.1 Å². The lowest BCUT2D eigenvalue weighted by molar-refractivity contribution is -0.127. The summed E-state index contributed by atoms with van der Waals surface area (Å²) in [7, 11) is 3.07. The first-order valence-electron chi connectivity index (χ1n) is 12.9. The molecule has 1 N–H and O–H groups in total. The van der Waals surface area contributed by atoms with Gasteiger partial charge in [0.15, 0.2) is 17.3 Å². The third-order valence-electron chi connectivity index (χ3n) is 6.91. The molecule has 1 aliphatic carbocycles. The highest BCUT2D eigenvalue weighted by Gasteiger charge is 2.36. The monoisotopic (exact) mass is 534 g/mol.